The fourth-order valence-corrected chi connectivity index (χ4v) is 3.84. The van der Waals surface area contributed by atoms with Crippen LogP contribution in [0, 0.1) is 0 Å². The van der Waals surface area contributed by atoms with Gasteiger partial charge in [0.05, 0.1) is 15.0 Å². The van der Waals surface area contributed by atoms with Gasteiger partial charge in [0.15, 0.2) is 0 Å². The van der Waals surface area contributed by atoms with Gasteiger partial charge in [-0.05, 0) is 31.8 Å². The number of nitrogens with one attached hydrogen (secondary N) is 1. The minimum atomic E-state index is -0.841. The average Bonchev–Trinajstić information content (AvgIpc) is 2.69. The Labute approximate surface area is 92.2 Å². The molecule has 0 amide bonds. The maximum absolute atomic E-state index is 12.0. The highest BCUT2D eigenvalue weighted by Gasteiger charge is 2.16. The lowest BCUT2D eigenvalue weighted by Gasteiger charge is -2.15. The molecule has 0 saturated heterocycles. The topological polar surface area (TPSA) is 29.1 Å². The zero-order chi connectivity index (χ0) is 10.6. The van der Waals surface area contributed by atoms with Crippen molar-refractivity contribution in [2.24, 2.45) is 0 Å². The molecule has 0 saturated carbocycles. The van der Waals surface area contributed by atoms with Crippen molar-refractivity contribution in [1.82, 2.24) is 5.32 Å². The molecule has 0 aliphatic rings. The van der Waals surface area contributed by atoms with Crippen molar-refractivity contribution >= 4 is 22.1 Å². The Morgan fingerprint density at radius 3 is 2.79 bits per heavy atom. The van der Waals surface area contributed by atoms with E-state index in [1.54, 1.807) is 11.3 Å². The van der Waals surface area contributed by atoms with E-state index in [0.717, 1.165) is 10.6 Å². The molecule has 0 aliphatic carbocycles. The Kier molecular flexibility index (Phi) is 4.78. The minimum absolute atomic E-state index is 0.219. The Morgan fingerprint density at radius 1 is 1.57 bits per heavy atom. The van der Waals surface area contributed by atoms with Crippen LogP contribution in [0.3, 0.4) is 0 Å². The lowest BCUT2D eigenvalue weighted by atomic mass is 10.2. The largest absolute Gasteiger partial charge is 0.317 e. The van der Waals surface area contributed by atoms with E-state index >= 15 is 0 Å². The second-order valence-electron chi connectivity index (χ2n) is 3.47. The fourth-order valence-electron chi connectivity index (χ4n) is 1.28. The van der Waals surface area contributed by atoms with Crippen molar-refractivity contribution in [3.05, 3.63) is 17.5 Å². The van der Waals surface area contributed by atoms with Crippen molar-refractivity contribution in [1.29, 1.82) is 0 Å². The molecule has 3 unspecified atom stereocenters. The molecule has 0 radical (unpaired) electrons. The Hall–Kier alpha value is -0.190. The summed E-state index contributed by atoms with van der Waals surface area (Å²) < 4.78 is 12.9. The molecule has 2 nitrogen and oxygen atoms in total. The SMILES string of the molecule is CNC(C)CC(C)S(=O)c1cccs1. The zero-order valence-corrected chi connectivity index (χ0v) is 10.5. The molecule has 14 heavy (non-hydrogen) atoms. The lowest BCUT2D eigenvalue weighted by Crippen LogP contribution is -2.27. The summed E-state index contributed by atoms with van der Waals surface area (Å²) in [5.74, 6) is 0. The summed E-state index contributed by atoms with van der Waals surface area (Å²) in [4.78, 5) is 0. The van der Waals surface area contributed by atoms with Crippen molar-refractivity contribution in [3.8, 4) is 0 Å². The summed E-state index contributed by atoms with van der Waals surface area (Å²) >= 11 is 1.57. The van der Waals surface area contributed by atoms with Crippen LogP contribution < -0.4 is 5.32 Å². The first-order valence-corrected chi connectivity index (χ1v) is 6.85. The van der Waals surface area contributed by atoms with E-state index in [-0.39, 0.29) is 5.25 Å². The number of thiophene rings is 1. The van der Waals surface area contributed by atoms with E-state index in [2.05, 4.69) is 12.2 Å². The minimum Gasteiger partial charge on any atom is -0.317 e. The van der Waals surface area contributed by atoms with Crippen LogP contribution in [0.5, 0.6) is 0 Å². The van der Waals surface area contributed by atoms with Crippen molar-refractivity contribution in [2.75, 3.05) is 7.05 Å². The highest BCUT2D eigenvalue weighted by atomic mass is 32.2. The van der Waals surface area contributed by atoms with Crippen LogP contribution in [-0.2, 0) is 10.8 Å². The molecule has 1 N–H and O–H groups in total. The first-order valence-electron chi connectivity index (χ1n) is 4.76. The molecule has 1 aromatic rings. The Morgan fingerprint density at radius 2 is 2.29 bits per heavy atom. The van der Waals surface area contributed by atoms with Crippen LogP contribution in [0.4, 0.5) is 0 Å². The van der Waals surface area contributed by atoms with Crippen LogP contribution in [0.25, 0.3) is 0 Å². The smallest absolute Gasteiger partial charge is 0.0913 e. The predicted molar refractivity (Wildman–Crippen MR) is 63.3 cm³/mol. The van der Waals surface area contributed by atoms with Crippen LogP contribution in [0.1, 0.15) is 20.3 Å². The lowest BCUT2D eigenvalue weighted by molar-refractivity contribution is 0.555. The van der Waals surface area contributed by atoms with Crippen LogP contribution in [-0.4, -0.2) is 22.5 Å². The molecule has 1 heterocycles. The van der Waals surface area contributed by atoms with E-state index in [1.807, 2.05) is 31.5 Å². The van der Waals surface area contributed by atoms with Crippen molar-refractivity contribution in [3.63, 3.8) is 0 Å². The van der Waals surface area contributed by atoms with Gasteiger partial charge in [-0.2, -0.15) is 0 Å². The Balaban J connectivity index is 2.53. The van der Waals surface area contributed by atoms with Gasteiger partial charge in [-0.25, -0.2) is 0 Å². The van der Waals surface area contributed by atoms with Gasteiger partial charge in [0.1, 0.15) is 0 Å². The molecule has 3 atom stereocenters. The maximum Gasteiger partial charge on any atom is 0.0913 e. The van der Waals surface area contributed by atoms with E-state index in [1.165, 1.54) is 0 Å². The Bertz CT molecular complexity index is 284. The van der Waals surface area contributed by atoms with Crippen molar-refractivity contribution < 1.29 is 4.21 Å². The highest BCUT2D eigenvalue weighted by Crippen LogP contribution is 2.19. The first-order chi connectivity index (χ1) is 6.65. The molecule has 80 valence electrons. The van der Waals surface area contributed by atoms with Gasteiger partial charge in [-0.1, -0.05) is 13.0 Å². The van der Waals surface area contributed by atoms with Crippen LogP contribution in [0.2, 0.25) is 0 Å². The molecule has 0 aromatic carbocycles. The van der Waals surface area contributed by atoms with Gasteiger partial charge >= 0.3 is 0 Å². The van der Waals surface area contributed by atoms with E-state index in [9.17, 15) is 4.21 Å². The summed E-state index contributed by atoms with van der Waals surface area (Å²) in [5, 5.41) is 5.36. The summed E-state index contributed by atoms with van der Waals surface area (Å²) in [7, 11) is 1.10. The molecule has 0 spiro atoms. The van der Waals surface area contributed by atoms with E-state index in [4.69, 9.17) is 0 Å². The van der Waals surface area contributed by atoms with Gasteiger partial charge in [-0.15, -0.1) is 11.3 Å². The van der Waals surface area contributed by atoms with Gasteiger partial charge in [0.2, 0.25) is 0 Å². The van der Waals surface area contributed by atoms with Crippen LogP contribution in [0.15, 0.2) is 21.7 Å². The summed E-state index contributed by atoms with van der Waals surface area (Å²) in [6.45, 7) is 4.16. The quantitative estimate of drug-likeness (QED) is 0.842. The average molecular weight is 231 g/mol. The monoisotopic (exact) mass is 231 g/mol. The maximum atomic E-state index is 12.0. The number of rotatable bonds is 5. The van der Waals surface area contributed by atoms with E-state index < -0.39 is 10.8 Å². The first kappa shape index (κ1) is 11.9. The summed E-state index contributed by atoms with van der Waals surface area (Å²) in [5.41, 5.74) is 0. The zero-order valence-electron chi connectivity index (χ0n) is 8.82. The third kappa shape index (κ3) is 3.19. The third-order valence-electron chi connectivity index (χ3n) is 2.24. The molecular weight excluding hydrogens is 214 g/mol. The molecule has 4 heteroatoms. The molecule has 0 aliphatic heterocycles. The van der Waals surface area contributed by atoms with Gasteiger partial charge in [-0.3, -0.25) is 4.21 Å². The van der Waals surface area contributed by atoms with Gasteiger partial charge in [0, 0.05) is 11.3 Å². The number of hydrogen-bond acceptors (Lipinski definition) is 3. The number of hydrogen-bond donors (Lipinski definition) is 1. The summed E-state index contributed by atoms with van der Waals surface area (Å²) in [6.07, 6.45) is 0.945. The van der Waals surface area contributed by atoms with Gasteiger partial charge < -0.3 is 5.32 Å². The molecule has 0 fully saturated rings. The van der Waals surface area contributed by atoms with Crippen molar-refractivity contribution in [2.45, 2.75) is 35.8 Å². The second-order valence-corrected chi connectivity index (χ2v) is 6.51. The normalized spacial score (nSPS) is 17.6. The molecule has 1 aromatic heterocycles. The van der Waals surface area contributed by atoms with Crippen LogP contribution >= 0.6 is 11.3 Å². The van der Waals surface area contributed by atoms with Gasteiger partial charge in [0.25, 0.3) is 0 Å². The summed E-state index contributed by atoms with van der Waals surface area (Å²) in [6, 6.07) is 4.32. The second kappa shape index (κ2) is 5.63. The predicted octanol–water partition coefficient (Wildman–Crippen LogP) is 2.24. The van der Waals surface area contributed by atoms with E-state index in [0.29, 0.717) is 6.04 Å². The standard InChI is InChI=1S/C10H17NOS2/c1-8(11-3)7-9(2)14(12)10-5-4-6-13-10/h4-6,8-9,11H,7H2,1-3H3. The third-order valence-corrected chi connectivity index (χ3v) is 5.14. The highest BCUT2D eigenvalue weighted by molar-refractivity contribution is 7.87. The fraction of sp³-hybridized carbons (Fsp3) is 0.600. The molecule has 0 bridgehead atoms. The molecular formula is C10H17NOS2. The molecule has 1 rings (SSSR count).